The maximum Gasteiger partial charge on any atom is 0.513 e. The number of thiazole rings is 1. The molecule has 3 aromatic rings. The molecule has 8 heteroatoms. The fraction of sp³-hybridized carbons (Fsp3) is 0. The van der Waals surface area contributed by atoms with Crippen LogP contribution in [0.5, 0.6) is 5.19 Å². The van der Waals surface area contributed by atoms with Crippen molar-refractivity contribution >= 4 is 29.1 Å². The maximum atomic E-state index is 13.8. The van der Waals surface area contributed by atoms with E-state index >= 15 is 0 Å². The van der Waals surface area contributed by atoms with Crippen LogP contribution < -0.4 is 4.74 Å². The fourth-order valence-corrected chi connectivity index (χ4v) is 3.34. The van der Waals surface area contributed by atoms with Gasteiger partial charge in [-0.15, -0.1) is 0 Å². The Morgan fingerprint density at radius 2 is 2.08 bits per heavy atom. The average molecular weight is 375 g/mol. The molecule has 3 rings (SSSR count). The lowest BCUT2D eigenvalue weighted by molar-refractivity contribution is 0.144. The van der Waals surface area contributed by atoms with Gasteiger partial charge in [0, 0.05) is 10.6 Å². The molecular formula is C17H8ClFN2O3S. The van der Waals surface area contributed by atoms with Gasteiger partial charge in [-0.3, -0.25) is 0 Å². The van der Waals surface area contributed by atoms with Gasteiger partial charge < -0.3 is 9.84 Å². The van der Waals surface area contributed by atoms with E-state index in [2.05, 4.69) is 9.72 Å². The molecular weight excluding hydrogens is 367 g/mol. The molecule has 0 spiro atoms. The largest absolute Gasteiger partial charge is 0.513 e. The smallest absolute Gasteiger partial charge is 0.449 e. The molecule has 25 heavy (non-hydrogen) atoms. The minimum Gasteiger partial charge on any atom is -0.449 e. The Labute approximate surface area is 150 Å². The van der Waals surface area contributed by atoms with E-state index in [1.54, 1.807) is 24.3 Å². The topological polar surface area (TPSA) is 83.2 Å². The van der Waals surface area contributed by atoms with E-state index < -0.39 is 12.0 Å². The summed E-state index contributed by atoms with van der Waals surface area (Å²) < 4.78 is 18.4. The van der Waals surface area contributed by atoms with Crippen LogP contribution in [0.2, 0.25) is 5.02 Å². The van der Waals surface area contributed by atoms with E-state index in [0.717, 1.165) is 17.4 Å². The van der Waals surface area contributed by atoms with Crippen LogP contribution in [0.3, 0.4) is 0 Å². The highest BCUT2D eigenvalue weighted by atomic mass is 35.5. The van der Waals surface area contributed by atoms with Gasteiger partial charge in [-0.05, 0) is 35.9 Å². The predicted octanol–water partition coefficient (Wildman–Crippen LogP) is 5.20. The van der Waals surface area contributed by atoms with Gasteiger partial charge in [0.25, 0.3) is 5.19 Å². The first-order chi connectivity index (χ1) is 12.0. The number of ether oxygens (including phenoxy) is 1. The molecule has 0 unspecified atom stereocenters. The van der Waals surface area contributed by atoms with E-state index in [1.165, 1.54) is 12.1 Å². The highest BCUT2D eigenvalue weighted by Crippen LogP contribution is 2.41. The number of hydrogen-bond donors (Lipinski definition) is 1. The van der Waals surface area contributed by atoms with Crippen molar-refractivity contribution in [2.45, 2.75) is 0 Å². The molecule has 1 heterocycles. The summed E-state index contributed by atoms with van der Waals surface area (Å²) in [5.74, 6) is -0.583. The summed E-state index contributed by atoms with van der Waals surface area (Å²) in [6.07, 6.45) is -1.50. The third kappa shape index (κ3) is 3.76. The van der Waals surface area contributed by atoms with Crippen molar-refractivity contribution in [2.24, 2.45) is 0 Å². The summed E-state index contributed by atoms with van der Waals surface area (Å²) in [6.45, 7) is 0. The van der Waals surface area contributed by atoms with Gasteiger partial charge >= 0.3 is 6.16 Å². The number of aromatic nitrogens is 1. The molecule has 0 aliphatic rings. The Balaban J connectivity index is 2.21. The Bertz CT molecular complexity index is 1010. The third-order valence-electron chi connectivity index (χ3n) is 3.17. The minimum atomic E-state index is -1.50. The summed E-state index contributed by atoms with van der Waals surface area (Å²) in [5.41, 5.74) is 1.53. The van der Waals surface area contributed by atoms with Crippen LogP contribution in [-0.4, -0.2) is 16.2 Å². The van der Waals surface area contributed by atoms with Crippen LogP contribution in [0.15, 0.2) is 42.5 Å². The molecule has 0 saturated carbocycles. The van der Waals surface area contributed by atoms with Gasteiger partial charge in [-0.25, -0.2) is 14.2 Å². The summed E-state index contributed by atoms with van der Waals surface area (Å²) >= 11 is 6.94. The lowest BCUT2D eigenvalue weighted by Crippen LogP contribution is -2.02. The van der Waals surface area contributed by atoms with Crippen LogP contribution in [-0.2, 0) is 0 Å². The van der Waals surface area contributed by atoms with Crippen molar-refractivity contribution in [3.8, 4) is 33.0 Å². The van der Waals surface area contributed by atoms with Crippen LogP contribution >= 0.6 is 22.9 Å². The van der Waals surface area contributed by atoms with E-state index in [9.17, 15) is 9.18 Å². The standard InChI is InChI=1S/C17H8ClFN2O3S/c18-12-3-1-2-10(6-12)14-15(25-16(21-14)24-17(22)23)11-4-9(8-20)5-13(19)7-11/h1-7H,(H,22,23). The molecule has 124 valence electrons. The number of halogens is 2. The van der Waals surface area contributed by atoms with Crippen molar-refractivity contribution in [3.63, 3.8) is 0 Å². The Morgan fingerprint density at radius 3 is 2.76 bits per heavy atom. The molecule has 5 nitrogen and oxygen atoms in total. The van der Waals surface area contributed by atoms with Crippen LogP contribution in [0.25, 0.3) is 21.7 Å². The van der Waals surface area contributed by atoms with E-state index in [-0.39, 0.29) is 10.8 Å². The van der Waals surface area contributed by atoms with Crippen molar-refractivity contribution in [3.05, 3.63) is 58.9 Å². The Hall–Kier alpha value is -2.95. The van der Waals surface area contributed by atoms with Gasteiger partial charge in [0.2, 0.25) is 0 Å². The number of nitriles is 1. The molecule has 0 fully saturated rings. The number of hydrogen-bond acceptors (Lipinski definition) is 5. The van der Waals surface area contributed by atoms with E-state index in [0.29, 0.717) is 26.7 Å². The van der Waals surface area contributed by atoms with Crippen molar-refractivity contribution in [1.29, 1.82) is 5.26 Å². The number of carbonyl (C=O) groups is 1. The zero-order chi connectivity index (χ0) is 18.0. The monoisotopic (exact) mass is 374 g/mol. The van der Waals surface area contributed by atoms with Crippen molar-refractivity contribution in [2.75, 3.05) is 0 Å². The summed E-state index contributed by atoms with van der Waals surface area (Å²) in [7, 11) is 0. The second kappa shape index (κ2) is 6.89. The van der Waals surface area contributed by atoms with Gasteiger partial charge in [0.05, 0.1) is 22.2 Å². The van der Waals surface area contributed by atoms with Gasteiger partial charge in [0.1, 0.15) is 5.82 Å². The number of rotatable bonds is 3. The lowest BCUT2D eigenvalue weighted by Gasteiger charge is -2.04. The molecule has 1 aromatic heterocycles. The first kappa shape index (κ1) is 16.9. The molecule has 0 aliphatic carbocycles. The van der Waals surface area contributed by atoms with Crippen molar-refractivity contribution in [1.82, 2.24) is 4.98 Å². The number of carboxylic acid groups (broad SMARTS) is 1. The molecule has 0 aliphatic heterocycles. The number of nitrogens with zero attached hydrogens (tertiary/aromatic N) is 2. The summed E-state index contributed by atoms with van der Waals surface area (Å²) in [4.78, 5) is 15.4. The first-order valence-corrected chi connectivity index (χ1v) is 8.04. The molecule has 0 amide bonds. The van der Waals surface area contributed by atoms with Gasteiger partial charge in [-0.2, -0.15) is 5.26 Å². The lowest BCUT2D eigenvalue weighted by atomic mass is 10.0. The Morgan fingerprint density at radius 1 is 1.28 bits per heavy atom. The molecule has 0 saturated heterocycles. The van der Waals surface area contributed by atoms with Crippen LogP contribution in [0.1, 0.15) is 5.56 Å². The van der Waals surface area contributed by atoms with Gasteiger partial charge in [-0.1, -0.05) is 35.1 Å². The zero-order valence-electron chi connectivity index (χ0n) is 12.4. The Kier molecular flexibility index (Phi) is 4.65. The number of benzene rings is 2. The molecule has 0 radical (unpaired) electrons. The summed E-state index contributed by atoms with van der Waals surface area (Å²) in [5, 5.41) is 18.2. The van der Waals surface area contributed by atoms with Gasteiger partial charge in [0.15, 0.2) is 0 Å². The van der Waals surface area contributed by atoms with Crippen LogP contribution in [0.4, 0.5) is 9.18 Å². The maximum absolute atomic E-state index is 13.8. The van der Waals surface area contributed by atoms with E-state index in [1.807, 2.05) is 6.07 Å². The van der Waals surface area contributed by atoms with Crippen LogP contribution in [0, 0.1) is 17.1 Å². The van der Waals surface area contributed by atoms with Crippen molar-refractivity contribution < 1.29 is 19.0 Å². The van der Waals surface area contributed by atoms with E-state index in [4.69, 9.17) is 22.0 Å². The predicted molar refractivity (Wildman–Crippen MR) is 91.3 cm³/mol. The average Bonchev–Trinajstić information content (AvgIpc) is 2.97. The SMILES string of the molecule is N#Cc1cc(F)cc(-c2sc(OC(=O)O)nc2-c2cccc(Cl)c2)c1. The highest BCUT2D eigenvalue weighted by Gasteiger charge is 2.19. The molecule has 2 aromatic carbocycles. The quantitative estimate of drug-likeness (QED) is 0.637. The summed E-state index contributed by atoms with van der Waals surface area (Å²) in [6, 6.07) is 12.5. The zero-order valence-corrected chi connectivity index (χ0v) is 13.9. The normalized spacial score (nSPS) is 10.3. The molecule has 0 bridgehead atoms. The molecule has 1 N–H and O–H groups in total. The second-order valence-electron chi connectivity index (χ2n) is 4.88. The first-order valence-electron chi connectivity index (χ1n) is 6.85. The second-order valence-corrected chi connectivity index (χ2v) is 6.27. The molecule has 0 atom stereocenters. The minimum absolute atomic E-state index is 0.111. The third-order valence-corrected chi connectivity index (χ3v) is 4.39. The highest BCUT2D eigenvalue weighted by molar-refractivity contribution is 7.17. The fourth-order valence-electron chi connectivity index (χ4n) is 2.23.